The van der Waals surface area contributed by atoms with Gasteiger partial charge in [-0.15, -0.1) is 0 Å². The second-order valence-electron chi connectivity index (χ2n) is 4.25. The van der Waals surface area contributed by atoms with Crippen molar-refractivity contribution in [3.8, 4) is 5.75 Å². The van der Waals surface area contributed by atoms with Crippen LogP contribution in [-0.4, -0.2) is 33.5 Å². The van der Waals surface area contributed by atoms with E-state index in [0.717, 1.165) is 6.42 Å². The van der Waals surface area contributed by atoms with Gasteiger partial charge in [0.1, 0.15) is 18.2 Å². The SMILES string of the molecule is COCCCOCCOc1cccc(F)c1[C@@H](C)N. The molecule has 0 unspecified atom stereocenters. The Hall–Kier alpha value is -1.17. The average Bonchev–Trinajstić information content (AvgIpc) is 2.37. The highest BCUT2D eigenvalue weighted by Crippen LogP contribution is 2.26. The molecule has 0 saturated carbocycles. The largest absolute Gasteiger partial charge is 0.491 e. The Morgan fingerprint density at radius 2 is 2.00 bits per heavy atom. The molecule has 0 aromatic heterocycles. The topological polar surface area (TPSA) is 53.7 Å². The number of ether oxygens (including phenoxy) is 3. The molecule has 0 saturated heterocycles. The van der Waals surface area contributed by atoms with Crippen molar-refractivity contribution in [2.75, 3.05) is 33.5 Å². The van der Waals surface area contributed by atoms with Crippen LogP contribution in [0.4, 0.5) is 4.39 Å². The molecular weight excluding hydrogens is 249 g/mol. The molecule has 0 fully saturated rings. The van der Waals surface area contributed by atoms with E-state index in [9.17, 15) is 4.39 Å². The molecule has 5 heteroatoms. The summed E-state index contributed by atoms with van der Waals surface area (Å²) in [7, 11) is 1.66. The van der Waals surface area contributed by atoms with E-state index < -0.39 is 6.04 Å². The third kappa shape index (κ3) is 5.55. The summed E-state index contributed by atoms with van der Waals surface area (Å²) in [6.45, 7) is 3.86. The van der Waals surface area contributed by atoms with Crippen molar-refractivity contribution in [1.82, 2.24) is 0 Å². The molecule has 0 radical (unpaired) electrons. The first-order valence-corrected chi connectivity index (χ1v) is 6.40. The van der Waals surface area contributed by atoms with Gasteiger partial charge in [0.2, 0.25) is 0 Å². The third-order valence-corrected chi connectivity index (χ3v) is 2.59. The third-order valence-electron chi connectivity index (χ3n) is 2.59. The van der Waals surface area contributed by atoms with Gasteiger partial charge in [-0.25, -0.2) is 4.39 Å². The van der Waals surface area contributed by atoms with Crippen LogP contribution >= 0.6 is 0 Å². The molecule has 108 valence electrons. The van der Waals surface area contributed by atoms with Crippen molar-refractivity contribution in [1.29, 1.82) is 0 Å². The van der Waals surface area contributed by atoms with Crippen LogP contribution in [0.15, 0.2) is 18.2 Å². The van der Waals surface area contributed by atoms with Gasteiger partial charge in [0, 0.05) is 31.9 Å². The van der Waals surface area contributed by atoms with E-state index >= 15 is 0 Å². The number of hydrogen-bond donors (Lipinski definition) is 1. The maximum Gasteiger partial charge on any atom is 0.131 e. The Bertz CT molecular complexity index is 372. The number of rotatable bonds is 9. The van der Waals surface area contributed by atoms with Crippen LogP contribution in [0, 0.1) is 5.82 Å². The normalized spacial score (nSPS) is 12.4. The van der Waals surface area contributed by atoms with E-state index in [-0.39, 0.29) is 5.82 Å². The van der Waals surface area contributed by atoms with Crippen LogP contribution in [0.5, 0.6) is 5.75 Å². The lowest BCUT2D eigenvalue weighted by atomic mass is 10.1. The predicted octanol–water partition coefficient (Wildman–Crippen LogP) is 2.28. The molecule has 2 N–H and O–H groups in total. The second-order valence-corrected chi connectivity index (χ2v) is 4.25. The summed E-state index contributed by atoms with van der Waals surface area (Å²) in [6, 6.07) is 4.30. The van der Waals surface area contributed by atoms with Gasteiger partial charge in [0.05, 0.1) is 6.61 Å². The zero-order valence-electron chi connectivity index (χ0n) is 11.5. The van der Waals surface area contributed by atoms with E-state index in [0.29, 0.717) is 37.7 Å². The summed E-state index contributed by atoms with van der Waals surface area (Å²) in [5.41, 5.74) is 6.14. The predicted molar refractivity (Wildman–Crippen MR) is 71.8 cm³/mol. The minimum Gasteiger partial charge on any atom is -0.491 e. The number of benzene rings is 1. The Labute approximate surface area is 113 Å². The minimum atomic E-state index is -0.404. The number of nitrogens with two attached hydrogens (primary N) is 1. The minimum absolute atomic E-state index is 0.339. The molecule has 1 atom stereocenters. The molecule has 0 spiro atoms. The molecule has 1 rings (SSSR count). The van der Waals surface area contributed by atoms with Crippen molar-refractivity contribution in [2.45, 2.75) is 19.4 Å². The van der Waals surface area contributed by atoms with Crippen molar-refractivity contribution in [3.63, 3.8) is 0 Å². The van der Waals surface area contributed by atoms with Crippen molar-refractivity contribution >= 4 is 0 Å². The van der Waals surface area contributed by atoms with Gasteiger partial charge in [0.25, 0.3) is 0 Å². The standard InChI is InChI=1S/C14H22FNO3/c1-11(16)14-12(15)5-3-6-13(14)19-10-9-18-8-4-7-17-2/h3,5-6,11H,4,7-10,16H2,1-2H3/t11-/m1/s1. The smallest absolute Gasteiger partial charge is 0.131 e. The van der Waals surface area contributed by atoms with Gasteiger partial charge in [-0.05, 0) is 25.5 Å². The summed E-state index contributed by atoms with van der Waals surface area (Å²) in [6.07, 6.45) is 0.849. The zero-order valence-corrected chi connectivity index (χ0v) is 11.5. The number of hydrogen-bond acceptors (Lipinski definition) is 4. The molecule has 0 aliphatic heterocycles. The quantitative estimate of drug-likeness (QED) is 0.700. The Morgan fingerprint density at radius 1 is 1.21 bits per heavy atom. The van der Waals surface area contributed by atoms with Crippen LogP contribution in [0.25, 0.3) is 0 Å². The Morgan fingerprint density at radius 3 is 2.68 bits per heavy atom. The lowest BCUT2D eigenvalue weighted by Gasteiger charge is -2.14. The molecule has 0 aliphatic rings. The van der Waals surface area contributed by atoms with E-state index in [1.165, 1.54) is 6.07 Å². The van der Waals surface area contributed by atoms with E-state index in [4.69, 9.17) is 19.9 Å². The first kappa shape index (κ1) is 15.9. The van der Waals surface area contributed by atoms with Crippen molar-refractivity contribution in [3.05, 3.63) is 29.6 Å². The van der Waals surface area contributed by atoms with Crippen molar-refractivity contribution in [2.24, 2.45) is 5.73 Å². The van der Waals surface area contributed by atoms with Crippen LogP contribution in [0.3, 0.4) is 0 Å². The van der Waals surface area contributed by atoms with Gasteiger partial charge in [-0.3, -0.25) is 0 Å². The fourth-order valence-corrected chi connectivity index (χ4v) is 1.70. The summed E-state index contributed by atoms with van der Waals surface area (Å²) >= 11 is 0. The summed E-state index contributed by atoms with van der Waals surface area (Å²) in [5, 5.41) is 0. The lowest BCUT2D eigenvalue weighted by Crippen LogP contribution is -2.13. The average molecular weight is 271 g/mol. The molecule has 0 bridgehead atoms. The second kappa shape index (κ2) is 8.85. The fourth-order valence-electron chi connectivity index (χ4n) is 1.70. The van der Waals surface area contributed by atoms with Gasteiger partial charge in [0.15, 0.2) is 0 Å². The van der Waals surface area contributed by atoms with Gasteiger partial charge < -0.3 is 19.9 Å². The molecule has 0 aliphatic carbocycles. The van der Waals surface area contributed by atoms with Gasteiger partial charge >= 0.3 is 0 Å². The first-order chi connectivity index (χ1) is 9.16. The number of halogens is 1. The van der Waals surface area contributed by atoms with Crippen LogP contribution < -0.4 is 10.5 Å². The summed E-state index contributed by atoms with van der Waals surface area (Å²) in [5.74, 6) is 0.143. The van der Waals surface area contributed by atoms with Crippen LogP contribution in [-0.2, 0) is 9.47 Å². The Kier molecular flexibility index (Phi) is 7.40. The maximum atomic E-state index is 13.6. The van der Waals surface area contributed by atoms with Crippen LogP contribution in [0.2, 0.25) is 0 Å². The maximum absolute atomic E-state index is 13.6. The molecule has 0 amide bonds. The fraction of sp³-hybridized carbons (Fsp3) is 0.571. The molecule has 1 aromatic carbocycles. The van der Waals surface area contributed by atoms with Crippen LogP contribution in [0.1, 0.15) is 24.9 Å². The monoisotopic (exact) mass is 271 g/mol. The number of methoxy groups -OCH3 is 1. The summed E-state index contributed by atoms with van der Waals surface area (Å²) in [4.78, 5) is 0. The van der Waals surface area contributed by atoms with E-state index in [2.05, 4.69) is 0 Å². The molecule has 4 nitrogen and oxygen atoms in total. The van der Waals surface area contributed by atoms with Gasteiger partial charge in [-0.1, -0.05) is 6.07 Å². The molecule has 1 aromatic rings. The summed E-state index contributed by atoms with van der Waals surface area (Å²) < 4.78 is 29.4. The van der Waals surface area contributed by atoms with E-state index in [1.54, 1.807) is 26.2 Å². The highest BCUT2D eigenvalue weighted by molar-refractivity contribution is 5.36. The van der Waals surface area contributed by atoms with Gasteiger partial charge in [-0.2, -0.15) is 0 Å². The highest BCUT2D eigenvalue weighted by Gasteiger charge is 2.13. The molecule has 19 heavy (non-hydrogen) atoms. The molecule has 0 heterocycles. The lowest BCUT2D eigenvalue weighted by molar-refractivity contribution is 0.0802. The Balaban J connectivity index is 2.35. The zero-order chi connectivity index (χ0) is 14.1. The van der Waals surface area contributed by atoms with E-state index in [1.807, 2.05) is 0 Å². The molecular formula is C14H22FNO3. The first-order valence-electron chi connectivity index (χ1n) is 6.40. The van der Waals surface area contributed by atoms with Crippen molar-refractivity contribution < 1.29 is 18.6 Å². The highest BCUT2D eigenvalue weighted by atomic mass is 19.1.